The first-order valence-corrected chi connectivity index (χ1v) is 5.02. The molecule has 70 valence electrons. The van der Waals surface area contributed by atoms with Gasteiger partial charge in [-0.3, -0.25) is 0 Å². The predicted octanol–water partition coefficient (Wildman–Crippen LogP) is 2.59. The van der Waals surface area contributed by atoms with Crippen LogP contribution in [0.4, 0.5) is 0 Å². The molecule has 2 unspecified atom stereocenters. The van der Waals surface area contributed by atoms with Crippen LogP contribution >= 0.6 is 0 Å². The Morgan fingerprint density at radius 3 is 2.85 bits per heavy atom. The molecule has 0 saturated carbocycles. The summed E-state index contributed by atoms with van der Waals surface area (Å²) in [6.07, 6.45) is 1.17. The second-order valence-electron chi connectivity index (χ2n) is 4.20. The Morgan fingerprint density at radius 1 is 1.31 bits per heavy atom. The van der Waals surface area contributed by atoms with Crippen molar-refractivity contribution >= 4 is 0 Å². The Hall–Kier alpha value is -0.820. The Kier molecular flexibility index (Phi) is 2.12. The zero-order valence-corrected chi connectivity index (χ0v) is 8.59. The average molecular weight is 175 g/mol. The smallest absolute Gasteiger partial charge is 0.0297 e. The number of hydrogen-bond acceptors (Lipinski definition) is 1. The summed E-state index contributed by atoms with van der Waals surface area (Å²) in [4.78, 5) is 0. The molecule has 2 rings (SSSR count). The molecule has 1 N–H and O–H groups in total. The minimum atomic E-state index is 0.513. The van der Waals surface area contributed by atoms with E-state index in [0.717, 1.165) is 0 Å². The Balaban J connectivity index is 2.43. The van der Waals surface area contributed by atoms with E-state index in [1.54, 1.807) is 0 Å². The Morgan fingerprint density at radius 2 is 2.08 bits per heavy atom. The maximum Gasteiger partial charge on any atom is 0.0297 e. The maximum atomic E-state index is 3.55. The summed E-state index contributed by atoms with van der Waals surface area (Å²) in [5.74, 6) is 0. The van der Waals surface area contributed by atoms with Gasteiger partial charge in [-0.05, 0) is 38.3 Å². The SMILES string of the molecule is Cc1ccc2c(c1)CC(C)NC2C. The van der Waals surface area contributed by atoms with Crippen LogP contribution in [0.15, 0.2) is 18.2 Å². The highest BCUT2D eigenvalue weighted by molar-refractivity contribution is 5.36. The Labute approximate surface area is 80.2 Å². The lowest BCUT2D eigenvalue weighted by Crippen LogP contribution is -2.35. The van der Waals surface area contributed by atoms with Crippen LogP contribution in [0, 0.1) is 6.92 Å². The summed E-state index contributed by atoms with van der Waals surface area (Å²) >= 11 is 0. The fraction of sp³-hybridized carbons (Fsp3) is 0.500. The minimum absolute atomic E-state index is 0.513. The van der Waals surface area contributed by atoms with Crippen molar-refractivity contribution < 1.29 is 0 Å². The van der Waals surface area contributed by atoms with Gasteiger partial charge in [-0.2, -0.15) is 0 Å². The molecule has 1 aliphatic rings. The van der Waals surface area contributed by atoms with E-state index in [1.807, 2.05) is 0 Å². The summed E-state index contributed by atoms with van der Waals surface area (Å²) in [5, 5.41) is 3.55. The molecule has 0 spiro atoms. The van der Waals surface area contributed by atoms with Gasteiger partial charge in [0.2, 0.25) is 0 Å². The molecule has 1 aromatic carbocycles. The van der Waals surface area contributed by atoms with Crippen molar-refractivity contribution in [2.45, 2.75) is 39.3 Å². The van der Waals surface area contributed by atoms with Crippen molar-refractivity contribution in [2.24, 2.45) is 0 Å². The molecule has 0 aromatic heterocycles. The quantitative estimate of drug-likeness (QED) is 0.639. The van der Waals surface area contributed by atoms with Crippen molar-refractivity contribution in [2.75, 3.05) is 0 Å². The highest BCUT2D eigenvalue weighted by Gasteiger charge is 2.19. The minimum Gasteiger partial charge on any atom is -0.307 e. The van der Waals surface area contributed by atoms with Gasteiger partial charge in [0.1, 0.15) is 0 Å². The molecule has 13 heavy (non-hydrogen) atoms. The molecule has 1 aliphatic heterocycles. The molecular weight excluding hydrogens is 158 g/mol. The summed E-state index contributed by atoms with van der Waals surface area (Å²) in [6, 6.07) is 7.91. The van der Waals surface area contributed by atoms with Gasteiger partial charge >= 0.3 is 0 Å². The van der Waals surface area contributed by atoms with Gasteiger partial charge in [-0.25, -0.2) is 0 Å². The predicted molar refractivity (Wildman–Crippen MR) is 55.9 cm³/mol. The second kappa shape index (κ2) is 3.15. The standard InChI is InChI=1S/C12H17N/c1-8-4-5-12-10(3)13-9(2)7-11(12)6-8/h4-6,9-10,13H,7H2,1-3H3. The second-order valence-corrected chi connectivity index (χ2v) is 4.20. The topological polar surface area (TPSA) is 12.0 Å². The lowest BCUT2D eigenvalue weighted by Gasteiger charge is -2.29. The maximum absolute atomic E-state index is 3.55. The van der Waals surface area contributed by atoms with Crippen molar-refractivity contribution in [3.63, 3.8) is 0 Å². The van der Waals surface area contributed by atoms with Gasteiger partial charge in [0.15, 0.2) is 0 Å². The molecule has 2 atom stereocenters. The van der Waals surface area contributed by atoms with E-state index in [0.29, 0.717) is 12.1 Å². The fourth-order valence-electron chi connectivity index (χ4n) is 2.24. The average Bonchev–Trinajstić information content (AvgIpc) is 2.02. The first kappa shape index (κ1) is 8.76. The lowest BCUT2D eigenvalue weighted by molar-refractivity contribution is 0.445. The monoisotopic (exact) mass is 175 g/mol. The van der Waals surface area contributed by atoms with Crippen LogP contribution in [0.1, 0.15) is 36.6 Å². The molecule has 1 heteroatoms. The number of benzene rings is 1. The van der Waals surface area contributed by atoms with E-state index in [-0.39, 0.29) is 0 Å². The van der Waals surface area contributed by atoms with Crippen LogP contribution in [0.2, 0.25) is 0 Å². The number of rotatable bonds is 0. The van der Waals surface area contributed by atoms with Crippen molar-refractivity contribution in [3.8, 4) is 0 Å². The highest BCUT2D eigenvalue weighted by atomic mass is 14.9. The van der Waals surface area contributed by atoms with Crippen molar-refractivity contribution in [3.05, 3.63) is 34.9 Å². The zero-order chi connectivity index (χ0) is 9.42. The molecule has 0 amide bonds. The van der Waals surface area contributed by atoms with E-state index >= 15 is 0 Å². The molecule has 1 heterocycles. The van der Waals surface area contributed by atoms with E-state index in [2.05, 4.69) is 44.3 Å². The molecular formula is C12H17N. The lowest BCUT2D eigenvalue weighted by atomic mass is 9.90. The van der Waals surface area contributed by atoms with Gasteiger partial charge in [-0.15, -0.1) is 0 Å². The van der Waals surface area contributed by atoms with E-state index in [4.69, 9.17) is 0 Å². The summed E-state index contributed by atoms with van der Waals surface area (Å²) < 4.78 is 0. The number of hydrogen-bond donors (Lipinski definition) is 1. The molecule has 0 saturated heterocycles. The van der Waals surface area contributed by atoms with E-state index in [1.165, 1.54) is 23.1 Å². The number of fused-ring (bicyclic) bond motifs is 1. The van der Waals surface area contributed by atoms with Crippen LogP contribution in [-0.4, -0.2) is 6.04 Å². The third-order valence-corrected chi connectivity index (χ3v) is 2.83. The summed E-state index contributed by atoms with van der Waals surface area (Å²) in [6.45, 7) is 6.66. The molecule has 1 aromatic rings. The third-order valence-electron chi connectivity index (χ3n) is 2.83. The Bertz CT molecular complexity index is 317. The van der Waals surface area contributed by atoms with Crippen LogP contribution in [0.3, 0.4) is 0 Å². The molecule has 0 fully saturated rings. The van der Waals surface area contributed by atoms with Gasteiger partial charge in [-0.1, -0.05) is 23.8 Å². The molecule has 0 bridgehead atoms. The van der Waals surface area contributed by atoms with Crippen molar-refractivity contribution in [1.82, 2.24) is 5.32 Å². The summed E-state index contributed by atoms with van der Waals surface area (Å²) in [7, 11) is 0. The van der Waals surface area contributed by atoms with Crippen LogP contribution in [0.25, 0.3) is 0 Å². The van der Waals surface area contributed by atoms with Gasteiger partial charge in [0, 0.05) is 12.1 Å². The fourth-order valence-corrected chi connectivity index (χ4v) is 2.24. The van der Waals surface area contributed by atoms with Crippen molar-refractivity contribution in [1.29, 1.82) is 0 Å². The number of aryl methyl sites for hydroxylation is 1. The van der Waals surface area contributed by atoms with Crippen LogP contribution < -0.4 is 5.32 Å². The van der Waals surface area contributed by atoms with Crippen LogP contribution in [-0.2, 0) is 6.42 Å². The first-order chi connectivity index (χ1) is 6.16. The molecule has 1 nitrogen and oxygen atoms in total. The van der Waals surface area contributed by atoms with Crippen LogP contribution in [0.5, 0.6) is 0 Å². The zero-order valence-electron chi connectivity index (χ0n) is 8.59. The summed E-state index contributed by atoms with van der Waals surface area (Å²) in [5.41, 5.74) is 4.38. The first-order valence-electron chi connectivity index (χ1n) is 5.02. The highest BCUT2D eigenvalue weighted by Crippen LogP contribution is 2.25. The van der Waals surface area contributed by atoms with Gasteiger partial charge in [0.25, 0.3) is 0 Å². The molecule has 0 radical (unpaired) electrons. The van der Waals surface area contributed by atoms with E-state index in [9.17, 15) is 0 Å². The number of nitrogens with one attached hydrogen (secondary N) is 1. The normalized spacial score (nSPS) is 27.0. The van der Waals surface area contributed by atoms with E-state index < -0.39 is 0 Å². The third kappa shape index (κ3) is 1.61. The van der Waals surface area contributed by atoms with Gasteiger partial charge in [0.05, 0.1) is 0 Å². The largest absolute Gasteiger partial charge is 0.307 e. The van der Waals surface area contributed by atoms with Gasteiger partial charge < -0.3 is 5.32 Å². The molecule has 0 aliphatic carbocycles.